The maximum Gasteiger partial charge on any atom is 0.248 e. The Labute approximate surface area is 197 Å². The summed E-state index contributed by atoms with van der Waals surface area (Å²) < 4.78 is 12.8. The number of aromatic nitrogens is 4. The van der Waals surface area contributed by atoms with E-state index < -0.39 is 0 Å². The molecule has 8 nitrogen and oxygen atoms in total. The van der Waals surface area contributed by atoms with Gasteiger partial charge in [0, 0.05) is 22.2 Å². The minimum absolute atomic E-state index is 0.326. The summed E-state index contributed by atoms with van der Waals surface area (Å²) in [5.74, 6) is 1.45. The minimum Gasteiger partial charge on any atom is -0.495 e. The molecule has 0 saturated carbocycles. The molecule has 10 heteroatoms. The van der Waals surface area contributed by atoms with Gasteiger partial charge in [-0.2, -0.15) is 9.61 Å². The second kappa shape index (κ2) is 8.89. The Hall–Kier alpha value is -3.95. The lowest BCUT2D eigenvalue weighted by Crippen LogP contribution is -2.09. The van der Waals surface area contributed by atoms with Crippen LogP contribution in [0.25, 0.3) is 32.9 Å². The number of nitrogens with one attached hydrogen (secondary N) is 1. The zero-order chi connectivity index (χ0) is 22.8. The van der Waals surface area contributed by atoms with E-state index in [-0.39, 0.29) is 5.91 Å². The molecule has 2 aromatic carbocycles. The van der Waals surface area contributed by atoms with E-state index in [0.29, 0.717) is 32.9 Å². The van der Waals surface area contributed by atoms with Crippen molar-refractivity contribution < 1.29 is 13.9 Å². The number of hydrogen-bond acceptors (Lipinski definition) is 7. The molecule has 5 aromatic rings. The first-order valence-electron chi connectivity index (χ1n) is 9.79. The Balaban J connectivity index is 1.32. The molecule has 0 radical (unpaired) electrons. The smallest absolute Gasteiger partial charge is 0.248 e. The zero-order valence-corrected chi connectivity index (χ0v) is 18.8. The van der Waals surface area contributed by atoms with E-state index in [1.165, 1.54) is 17.4 Å². The highest BCUT2D eigenvalue weighted by molar-refractivity contribution is 7.19. The second-order valence-electron chi connectivity index (χ2n) is 6.91. The van der Waals surface area contributed by atoms with Crippen molar-refractivity contribution in [1.29, 1.82) is 0 Å². The quantitative estimate of drug-likeness (QED) is 0.328. The lowest BCUT2D eigenvalue weighted by molar-refractivity contribution is -0.111. The summed E-state index contributed by atoms with van der Waals surface area (Å²) in [6.07, 6.45) is 4.55. The van der Waals surface area contributed by atoms with Crippen molar-refractivity contribution in [3.05, 3.63) is 77.8 Å². The molecule has 3 heterocycles. The van der Waals surface area contributed by atoms with Crippen LogP contribution in [0.4, 0.5) is 5.69 Å². The van der Waals surface area contributed by atoms with Gasteiger partial charge in [-0.15, -0.1) is 10.2 Å². The summed E-state index contributed by atoms with van der Waals surface area (Å²) in [5.41, 5.74) is 2.25. The van der Waals surface area contributed by atoms with Crippen molar-refractivity contribution >= 4 is 45.6 Å². The molecule has 0 unspecified atom stereocenters. The van der Waals surface area contributed by atoms with E-state index in [1.54, 1.807) is 48.3 Å². The molecule has 1 amide bonds. The number of nitrogens with zero attached hydrogens (tertiary/aromatic N) is 4. The van der Waals surface area contributed by atoms with E-state index in [9.17, 15) is 4.79 Å². The maximum absolute atomic E-state index is 12.6. The Morgan fingerprint density at radius 2 is 1.97 bits per heavy atom. The topological polar surface area (TPSA) is 94.5 Å². The number of carbonyl (C=O) groups is 1. The van der Waals surface area contributed by atoms with E-state index in [0.717, 1.165) is 16.1 Å². The molecule has 33 heavy (non-hydrogen) atoms. The molecule has 5 rings (SSSR count). The molecule has 0 atom stereocenters. The van der Waals surface area contributed by atoms with Crippen molar-refractivity contribution in [3.8, 4) is 27.6 Å². The summed E-state index contributed by atoms with van der Waals surface area (Å²) >= 11 is 7.33. The minimum atomic E-state index is -0.326. The first-order chi connectivity index (χ1) is 16.1. The number of carbonyl (C=O) groups excluding carboxylic acids is 1. The van der Waals surface area contributed by atoms with Gasteiger partial charge >= 0.3 is 0 Å². The molecular weight excluding hydrogens is 462 g/mol. The van der Waals surface area contributed by atoms with Crippen LogP contribution in [0.15, 0.2) is 71.4 Å². The number of amides is 1. The summed E-state index contributed by atoms with van der Waals surface area (Å²) in [5, 5.41) is 16.5. The highest BCUT2D eigenvalue weighted by Crippen LogP contribution is 2.32. The fourth-order valence-corrected chi connectivity index (χ4v) is 4.10. The molecular formula is C23H16ClN5O3S. The molecule has 0 aliphatic heterocycles. The Morgan fingerprint density at radius 3 is 2.76 bits per heavy atom. The monoisotopic (exact) mass is 477 g/mol. The number of anilines is 1. The van der Waals surface area contributed by atoms with E-state index in [4.69, 9.17) is 20.8 Å². The largest absolute Gasteiger partial charge is 0.495 e. The van der Waals surface area contributed by atoms with Crippen LogP contribution in [0.2, 0.25) is 5.02 Å². The maximum atomic E-state index is 12.6. The molecule has 164 valence electrons. The van der Waals surface area contributed by atoms with E-state index >= 15 is 0 Å². The van der Waals surface area contributed by atoms with Gasteiger partial charge in [-0.3, -0.25) is 4.79 Å². The average molecular weight is 478 g/mol. The van der Waals surface area contributed by atoms with Crippen molar-refractivity contribution in [1.82, 2.24) is 19.8 Å². The SMILES string of the molecule is COc1ccc(-c2nn3cnnc3s2)cc1NC(=O)/C=C/c1ccc(-c2ccc(Cl)cc2)o1. The van der Waals surface area contributed by atoms with E-state index in [2.05, 4.69) is 20.6 Å². The standard InChI is InChI=1S/C23H16ClN5O3S/c1-31-20-9-4-15(22-28-29-13-25-27-23(29)33-22)12-18(20)26-21(30)11-8-17-7-10-19(32-17)14-2-5-16(24)6-3-14/h2-13H,1H3,(H,26,30)/b11-8+. The highest BCUT2D eigenvalue weighted by atomic mass is 35.5. The van der Waals surface area contributed by atoms with Crippen LogP contribution in [0.1, 0.15) is 5.76 Å². The normalized spacial score (nSPS) is 11.3. The number of ether oxygens (including phenoxy) is 1. The van der Waals surface area contributed by atoms with Gasteiger partial charge in [0.2, 0.25) is 10.9 Å². The number of benzene rings is 2. The van der Waals surface area contributed by atoms with Gasteiger partial charge < -0.3 is 14.5 Å². The first-order valence-corrected chi connectivity index (χ1v) is 11.0. The summed E-state index contributed by atoms with van der Waals surface area (Å²) in [7, 11) is 1.55. The van der Waals surface area contributed by atoms with Gasteiger partial charge in [0.05, 0.1) is 12.8 Å². The van der Waals surface area contributed by atoms with Crippen LogP contribution >= 0.6 is 22.9 Å². The fraction of sp³-hybridized carbons (Fsp3) is 0.0435. The Morgan fingerprint density at radius 1 is 1.15 bits per heavy atom. The molecule has 0 aliphatic rings. The molecule has 0 spiro atoms. The predicted octanol–water partition coefficient (Wildman–Crippen LogP) is 5.43. The number of methoxy groups -OCH3 is 1. The van der Waals surface area contributed by atoms with Crippen molar-refractivity contribution in [2.24, 2.45) is 0 Å². The first kappa shape index (κ1) is 20.9. The molecule has 0 bridgehead atoms. The Kier molecular flexibility index (Phi) is 5.64. The van der Waals surface area contributed by atoms with Gasteiger partial charge in [0.1, 0.15) is 28.6 Å². The molecule has 1 N–H and O–H groups in total. The van der Waals surface area contributed by atoms with Crippen LogP contribution in [-0.4, -0.2) is 32.8 Å². The zero-order valence-electron chi connectivity index (χ0n) is 17.2. The van der Waals surface area contributed by atoms with Crippen LogP contribution in [-0.2, 0) is 4.79 Å². The summed E-state index contributed by atoms with van der Waals surface area (Å²) in [6, 6.07) is 16.4. The lowest BCUT2D eigenvalue weighted by Gasteiger charge is -2.10. The molecule has 0 fully saturated rings. The number of hydrogen-bond donors (Lipinski definition) is 1. The third kappa shape index (κ3) is 4.50. The molecule has 3 aromatic heterocycles. The summed E-state index contributed by atoms with van der Waals surface area (Å²) in [4.78, 5) is 13.3. The Bertz CT molecular complexity index is 1440. The average Bonchev–Trinajstić information content (AvgIpc) is 3.55. The molecule has 0 aliphatic carbocycles. The van der Waals surface area contributed by atoms with Crippen LogP contribution in [0.3, 0.4) is 0 Å². The third-order valence-electron chi connectivity index (χ3n) is 4.75. The molecule has 0 saturated heterocycles. The van der Waals surface area contributed by atoms with Gasteiger partial charge in [-0.25, -0.2) is 0 Å². The van der Waals surface area contributed by atoms with Gasteiger partial charge in [-0.05, 0) is 60.7 Å². The van der Waals surface area contributed by atoms with Crippen molar-refractivity contribution in [2.45, 2.75) is 0 Å². The number of fused-ring (bicyclic) bond motifs is 1. The second-order valence-corrected chi connectivity index (χ2v) is 8.30. The number of halogens is 1. The van der Waals surface area contributed by atoms with Crippen LogP contribution in [0, 0.1) is 0 Å². The van der Waals surface area contributed by atoms with Gasteiger partial charge in [0.25, 0.3) is 0 Å². The van der Waals surface area contributed by atoms with Crippen LogP contribution in [0.5, 0.6) is 5.75 Å². The number of rotatable bonds is 6. The summed E-state index contributed by atoms with van der Waals surface area (Å²) in [6.45, 7) is 0. The van der Waals surface area contributed by atoms with Gasteiger partial charge in [0.15, 0.2) is 0 Å². The fourth-order valence-electron chi connectivity index (χ4n) is 3.16. The predicted molar refractivity (Wildman–Crippen MR) is 127 cm³/mol. The highest BCUT2D eigenvalue weighted by Gasteiger charge is 2.12. The van der Waals surface area contributed by atoms with E-state index in [1.807, 2.05) is 30.3 Å². The van der Waals surface area contributed by atoms with Crippen LogP contribution < -0.4 is 10.1 Å². The number of furan rings is 1. The lowest BCUT2D eigenvalue weighted by atomic mass is 10.2. The third-order valence-corrected chi connectivity index (χ3v) is 5.96. The van der Waals surface area contributed by atoms with Gasteiger partial charge in [-0.1, -0.05) is 22.9 Å². The van der Waals surface area contributed by atoms with Crippen molar-refractivity contribution in [3.63, 3.8) is 0 Å². The van der Waals surface area contributed by atoms with Crippen molar-refractivity contribution in [2.75, 3.05) is 12.4 Å².